The number of nitrogens with two attached hydrogens (primary N) is 1. The lowest BCUT2D eigenvalue weighted by Gasteiger charge is -2.14. The predicted molar refractivity (Wildman–Crippen MR) is 157 cm³/mol. The molecule has 2 atom stereocenters. The number of hydrogen-bond acceptors (Lipinski definition) is 6. The smallest absolute Gasteiger partial charge is 0.326 e. The summed E-state index contributed by atoms with van der Waals surface area (Å²) in [5.41, 5.74) is 5.67. The zero-order valence-corrected chi connectivity index (χ0v) is 24.5. The van der Waals surface area contributed by atoms with Gasteiger partial charge in [-0.1, -0.05) is 83.6 Å². The van der Waals surface area contributed by atoms with Gasteiger partial charge < -0.3 is 31.7 Å². The van der Waals surface area contributed by atoms with Crippen LogP contribution in [0.2, 0.25) is 0 Å². The molecule has 40 heavy (non-hydrogen) atoms. The van der Waals surface area contributed by atoms with Crippen molar-refractivity contribution in [3.63, 3.8) is 0 Å². The number of rotatable bonds is 28. The minimum Gasteiger partial charge on any atom is -0.511 e. The summed E-state index contributed by atoms with van der Waals surface area (Å²) in [6.07, 6.45) is 17.9. The van der Waals surface area contributed by atoms with Gasteiger partial charge in [0.2, 0.25) is 11.8 Å². The van der Waals surface area contributed by atoms with Crippen LogP contribution in [0.1, 0.15) is 135 Å². The first-order valence-electron chi connectivity index (χ1n) is 15.3. The summed E-state index contributed by atoms with van der Waals surface area (Å²) in [4.78, 5) is 46.1. The van der Waals surface area contributed by atoms with Crippen LogP contribution in [0.25, 0.3) is 0 Å². The molecule has 0 bridgehead atoms. The largest absolute Gasteiger partial charge is 0.511 e. The normalized spacial score (nSPS) is 12.4. The second kappa shape index (κ2) is 25.4. The second-order valence-electron chi connectivity index (χ2n) is 10.8. The van der Waals surface area contributed by atoms with Gasteiger partial charge in [-0.15, -0.1) is 0 Å². The van der Waals surface area contributed by atoms with Gasteiger partial charge >= 0.3 is 11.9 Å². The van der Waals surface area contributed by atoms with Crippen molar-refractivity contribution < 1.29 is 34.5 Å². The van der Waals surface area contributed by atoms with E-state index in [4.69, 9.17) is 10.8 Å². The quantitative estimate of drug-likeness (QED) is 0.0539. The summed E-state index contributed by atoms with van der Waals surface area (Å²) in [6.45, 7) is 3.82. The Hall–Kier alpha value is -2.62. The van der Waals surface area contributed by atoms with Gasteiger partial charge in [0.15, 0.2) is 0 Å². The monoisotopic (exact) mass is 569 g/mol. The summed E-state index contributed by atoms with van der Waals surface area (Å²) in [6, 6.07) is -1.55. The number of unbranched alkanes of at least 4 members (excludes halogenated alkanes) is 14. The highest BCUT2D eigenvalue weighted by atomic mass is 16.4. The van der Waals surface area contributed by atoms with Crippen LogP contribution in [-0.4, -0.2) is 57.7 Å². The zero-order chi connectivity index (χ0) is 30.0. The van der Waals surface area contributed by atoms with Crippen LogP contribution in [0.15, 0.2) is 12.3 Å². The maximum Gasteiger partial charge on any atom is 0.326 e. The molecular formula is C30H55N3O7. The maximum atomic E-state index is 12.2. The molecule has 0 aromatic rings. The Balaban J connectivity index is 3.69. The van der Waals surface area contributed by atoms with E-state index in [1.807, 2.05) is 0 Å². The fourth-order valence-electron chi connectivity index (χ4n) is 4.45. The first-order chi connectivity index (χ1) is 19.1. The van der Waals surface area contributed by atoms with Gasteiger partial charge in [0.1, 0.15) is 11.8 Å². The van der Waals surface area contributed by atoms with E-state index in [2.05, 4.69) is 17.2 Å². The van der Waals surface area contributed by atoms with Gasteiger partial charge in [-0.3, -0.25) is 14.4 Å². The van der Waals surface area contributed by atoms with E-state index in [1.165, 1.54) is 44.9 Å². The molecule has 10 heteroatoms. The van der Waals surface area contributed by atoms with Gasteiger partial charge in [0, 0.05) is 25.8 Å². The third kappa shape index (κ3) is 24.4. The fraction of sp³-hybridized carbons (Fsp3) is 0.800. The molecule has 2 amide bonds. The Labute approximate surface area is 240 Å². The van der Waals surface area contributed by atoms with E-state index in [0.29, 0.717) is 19.4 Å². The number of nitrogens with one attached hydrogen (secondary N) is 2. The summed E-state index contributed by atoms with van der Waals surface area (Å²) >= 11 is 0. The van der Waals surface area contributed by atoms with Gasteiger partial charge in [0.25, 0.3) is 0 Å². The van der Waals surface area contributed by atoms with Crippen molar-refractivity contribution in [2.75, 3.05) is 6.54 Å². The number of amides is 2. The SMILES string of the molecule is C=C(O)[C@@H](N)CCCCNC(=O)CC[C@H](NC(=O)CCCCCCCCCCCCCCCCC(=O)O)C(=O)O. The van der Waals surface area contributed by atoms with Gasteiger partial charge in [-0.2, -0.15) is 0 Å². The van der Waals surface area contributed by atoms with Crippen LogP contribution in [-0.2, 0) is 19.2 Å². The maximum absolute atomic E-state index is 12.2. The molecule has 0 saturated carbocycles. The summed E-state index contributed by atoms with van der Waals surface area (Å²) < 4.78 is 0. The number of carbonyl (C=O) groups excluding carboxylic acids is 2. The Bertz CT molecular complexity index is 730. The minimum atomic E-state index is -1.14. The molecule has 0 rings (SSSR count). The molecule has 7 N–H and O–H groups in total. The van der Waals surface area contributed by atoms with Crippen molar-refractivity contribution in [1.82, 2.24) is 10.6 Å². The molecule has 0 aromatic carbocycles. The predicted octanol–water partition coefficient (Wildman–Crippen LogP) is 5.35. The second-order valence-corrected chi connectivity index (χ2v) is 10.8. The fourth-order valence-corrected chi connectivity index (χ4v) is 4.45. The number of carboxylic acids is 2. The standard InChI is InChI=1S/C30H55N3O7/c1-24(34)25(31)18-16-17-23-32-27(35)22-21-26(30(39)40)33-28(36)19-14-12-10-8-6-4-2-3-5-7-9-11-13-15-20-29(37)38/h25-26,34H,1-23,31H2,(H,32,35)(H,33,36)(H,37,38)(H,39,40)/t25-,26-/m0/s1. The highest BCUT2D eigenvalue weighted by molar-refractivity contribution is 5.84. The van der Waals surface area contributed by atoms with Gasteiger partial charge in [-0.05, 0) is 38.5 Å². The van der Waals surface area contributed by atoms with Crippen LogP contribution in [0.5, 0.6) is 0 Å². The average Bonchev–Trinajstić information content (AvgIpc) is 2.89. The van der Waals surface area contributed by atoms with Crippen molar-refractivity contribution >= 4 is 23.8 Å². The van der Waals surface area contributed by atoms with Crippen LogP contribution in [0.4, 0.5) is 0 Å². The topological polar surface area (TPSA) is 179 Å². The van der Waals surface area contributed by atoms with E-state index in [-0.39, 0.29) is 43.3 Å². The average molecular weight is 570 g/mol. The molecule has 0 aromatic heterocycles. The van der Waals surface area contributed by atoms with Crippen LogP contribution < -0.4 is 16.4 Å². The molecular weight excluding hydrogens is 514 g/mol. The van der Waals surface area contributed by atoms with Crippen molar-refractivity contribution in [3.05, 3.63) is 12.3 Å². The summed E-state index contributed by atoms with van der Waals surface area (Å²) in [5, 5.41) is 32.5. The van der Waals surface area contributed by atoms with Crippen molar-refractivity contribution in [1.29, 1.82) is 0 Å². The highest BCUT2D eigenvalue weighted by Gasteiger charge is 2.20. The number of aliphatic hydroxyl groups is 1. The molecule has 0 aliphatic rings. The summed E-state index contributed by atoms with van der Waals surface area (Å²) in [7, 11) is 0. The van der Waals surface area contributed by atoms with E-state index < -0.39 is 24.0 Å². The van der Waals surface area contributed by atoms with Crippen LogP contribution >= 0.6 is 0 Å². The van der Waals surface area contributed by atoms with E-state index >= 15 is 0 Å². The number of aliphatic carboxylic acids is 2. The van der Waals surface area contributed by atoms with Gasteiger partial charge in [-0.25, -0.2) is 4.79 Å². The van der Waals surface area contributed by atoms with Crippen LogP contribution in [0, 0.1) is 0 Å². The van der Waals surface area contributed by atoms with E-state index in [9.17, 15) is 29.4 Å². The number of carbonyl (C=O) groups is 4. The Kier molecular flexibility index (Phi) is 23.7. The molecule has 0 fully saturated rings. The lowest BCUT2D eigenvalue weighted by atomic mass is 10.0. The number of hydrogen-bond donors (Lipinski definition) is 6. The van der Waals surface area contributed by atoms with Gasteiger partial charge in [0.05, 0.1) is 6.04 Å². The molecule has 0 unspecified atom stereocenters. The lowest BCUT2D eigenvalue weighted by molar-refractivity contribution is -0.142. The molecule has 0 aliphatic carbocycles. The highest BCUT2D eigenvalue weighted by Crippen LogP contribution is 2.14. The lowest BCUT2D eigenvalue weighted by Crippen LogP contribution is -2.41. The molecule has 0 spiro atoms. The van der Waals surface area contributed by atoms with E-state index in [0.717, 1.165) is 51.4 Å². The number of carboxylic acid groups (broad SMARTS) is 2. The Morgan fingerprint density at radius 3 is 1.52 bits per heavy atom. The van der Waals surface area contributed by atoms with Crippen molar-refractivity contribution in [2.24, 2.45) is 5.73 Å². The first-order valence-corrected chi connectivity index (χ1v) is 15.3. The minimum absolute atomic E-state index is 0.0127. The summed E-state index contributed by atoms with van der Waals surface area (Å²) in [5.74, 6) is -2.46. The molecule has 0 heterocycles. The van der Waals surface area contributed by atoms with E-state index in [1.54, 1.807) is 0 Å². The van der Waals surface area contributed by atoms with Crippen molar-refractivity contribution in [2.45, 2.75) is 147 Å². The third-order valence-electron chi connectivity index (χ3n) is 7.03. The molecule has 10 nitrogen and oxygen atoms in total. The van der Waals surface area contributed by atoms with Crippen LogP contribution in [0.3, 0.4) is 0 Å². The third-order valence-corrected chi connectivity index (χ3v) is 7.03. The van der Waals surface area contributed by atoms with Crippen molar-refractivity contribution in [3.8, 4) is 0 Å². The number of aliphatic hydroxyl groups excluding tert-OH is 1. The Morgan fingerprint density at radius 1 is 0.600 bits per heavy atom. The molecule has 0 saturated heterocycles. The first kappa shape index (κ1) is 37.4. The Morgan fingerprint density at radius 2 is 1.07 bits per heavy atom. The molecule has 0 aliphatic heterocycles. The molecule has 232 valence electrons. The molecule has 0 radical (unpaired) electrons. The zero-order valence-electron chi connectivity index (χ0n) is 24.5.